The fourth-order valence-electron chi connectivity index (χ4n) is 3.11. The summed E-state index contributed by atoms with van der Waals surface area (Å²) in [5, 5.41) is 21.7. The molecule has 5 nitrogen and oxygen atoms in total. The van der Waals surface area contributed by atoms with Gasteiger partial charge in [-0.3, -0.25) is 9.59 Å². The molecule has 2 atom stereocenters. The zero-order valence-corrected chi connectivity index (χ0v) is 16.6. The van der Waals surface area contributed by atoms with E-state index in [1.807, 2.05) is 13.8 Å². The van der Waals surface area contributed by atoms with Gasteiger partial charge in [-0.2, -0.15) is 13.2 Å². The van der Waals surface area contributed by atoms with E-state index in [0.29, 0.717) is 23.1 Å². The minimum atomic E-state index is -4.41. The van der Waals surface area contributed by atoms with Gasteiger partial charge in [0.25, 0.3) is 0 Å². The van der Waals surface area contributed by atoms with Crippen LogP contribution in [0, 0.1) is 5.92 Å². The summed E-state index contributed by atoms with van der Waals surface area (Å²) in [7, 11) is 0. The van der Waals surface area contributed by atoms with Crippen LogP contribution in [0.3, 0.4) is 0 Å². The lowest BCUT2D eigenvalue weighted by atomic mass is 9.95. The Bertz CT molecular complexity index is 861. The summed E-state index contributed by atoms with van der Waals surface area (Å²) in [6, 6.07) is 10.3. The van der Waals surface area contributed by atoms with Gasteiger partial charge in [0.05, 0.1) is 11.5 Å². The molecule has 30 heavy (non-hydrogen) atoms. The number of hydrogen-bond acceptors (Lipinski definition) is 3. The van der Waals surface area contributed by atoms with Crippen molar-refractivity contribution >= 4 is 11.9 Å². The highest BCUT2D eigenvalue weighted by molar-refractivity contribution is 5.77. The van der Waals surface area contributed by atoms with E-state index in [-0.39, 0.29) is 12.5 Å². The lowest BCUT2D eigenvalue weighted by Gasteiger charge is -2.20. The molecule has 0 bridgehead atoms. The molecule has 0 aliphatic rings. The van der Waals surface area contributed by atoms with Crippen molar-refractivity contribution < 1.29 is 33.0 Å². The van der Waals surface area contributed by atoms with E-state index in [1.165, 1.54) is 12.1 Å². The van der Waals surface area contributed by atoms with Crippen molar-refractivity contribution in [2.75, 3.05) is 6.54 Å². The first kappa shape index (κ1) is 23.4. The molecule has 0 saturated carbocycles. The lowest BCUT2D eigenvalue weighted by Crippen LogP contribution is -2.41. The molecule has 0 aliphatic heterocycles. The topological polar surface area (TPSA) is 86.6 Å². The molecule has 0 spiro atoms. The van der Waals surface area contributed by atoms with Crippen molar-refractivity contribution in [1.82, 2.24) is 5.32 Å². The van der Waals surface area contributed by atoms with Crippen molar-refractivity contribution in [1.29, 1.82) is 0 Å². The van der Waals surface area contributed by atoms with Gasteiger partial charge in [0, 0.05) is 6.54 Å². The molecule has 0 radical (unpaired) electrons. The number of carboxylic acids is 2. The maximum atomic E-state index is 12.7. The lowest BCUT2D eigenvalue weighted by molar-refractivity contribution is -0.142. The number of aliphatic carboxylic acids is 2. The largest absolute Gasteiger partial charge is 0.481 e. The summed E-state index contributed by atoms with van der Waals surface area (Å²) in [4.78, 5) is 23.1. The Morgan fingerprint density at radius 1 is 0.900 bits per heavy atom. The summed E-state index contributed by atoms with van der Waals surface area (Å²) in [5.74, 6) is -2.96. The molecule has 8 heteroatoms. The maximum absolute atomic E-state index is 12.7. The van der Waals surface area contributed by atoms with Crippen LogP contribution < -0.4 is 5.32 Å². The zero-order chi connectivity index (χ0) is 22.5. The number of benzene rings is 2. The van der Waals surface area contributed by atoms with Gasteiger partial charge >= 0.3 is 18.1 Å². The Balaban J connectivity index is 2.15. The SMILES string of the molecule is CC(C)CC(NCC(C(=O)O)c1ccc(-c2ccc(C(F)(F)F)cc2)cc1)C(=O)O. The normalized spacial score (nSPS) is 13.8. The molecular formula is C22H24F3NO4. The molecule has 2 unspecified atom stereocenters. The van der Waals surface area contributed by atoms with E-state index < -0.39 is 35.6 Å². The summed E-state index contributed by atoms with van der Waals surface area (Å²) in [6.07, 6.45) is -4.04. The summed E-state index contributed by atoms with van der Waals surface area (Å²) >= 11 is 0. The molecule has 3 N–H and O–H groups in total. The molecule has 162 valence electrons. The van der Waals surface area contributed by atoms with Gasteiger partial charge in [-0.15, -0.1) is 0 Å². The van der Waals surface area contributed by atoms with Crippen LogP contribution in [0.25, 0.3) is 11.1 Å². The number of rotatable bonds is 9. The van der Waals surface area contributed by atoms with Crippen LogP contribution in [0.4, 0.5) is 13.2 Å². The third kappa shape index (κ3) is 6.32. The van der Waals surface area contributed by atoms with E-state index in [1.54, 1.807) is 24.3 Å². The van der Waals surface area contributed by atoms with Crippen LogP contribution in [-0.4, -0.2) is 34.7 Å². The van der Waals surface area contributed by atoms with E-state index in [2.05, 4.69) is 5.32 Å². The smallest absolute Gasteiger partial charge is 0.416 e. The summed E-state index contributed by atoms with van der Waals surface area (Å²) < 4.78 is 38.1. The maximum Gasteiger partial charge on any atom is 0.416 e. The molecule has 0 amide bonds. The highest BCUT2D eigenvalue weighted by Crippen LogP contribution is 2.31. The average molecular weight is 423 g/mol. The molecule has 0 aromatic heterocycles. The van der Waals surface area contributed by atoms with E-state index in [4.69, 9.17) is 0 Å². The van der Waals surface area contributed by atoms with Crippen molar-refractivity contribution in [2.45, 2.75) is 38.4 Å². The number of carboxylic acid groups (broad SMARTS) is 2. The molecule has 2 aromatic carbocycles. The van der Waals surface area contributed by atoms with Gasteiger partial charge in [0.2, 0.25) is 0 Å². The predicted octanol–water partition coefficient (Wildman–Crippen LogP) is 4.63. The second-order valence-electron chi connectivity index (χ2n) is 7.52. The Morgan fingerprint density at radius 2 is 1.40 bits per heavy atom. The molecule has 0 fully saturated rings. The number of halogens is 3. The van der Waals surface area contributed by atoms with Gasteiger partial charge in [-0.25, -0.2) is 0 Å². The van der Waals surface area contributed by atoms with Crippen LogP contribution in [0.2, 0.25) is 0 Å². The highest BCUT2D eigenvalue weighted by Gasteiger charge is 2.30. The second kappa shape index (κ2) is 9.75. The fourth-order valence-corrected chi connectivity index (χ4v) is 3.11. The number of hydrogen-bond donors (Lipinski definition) is 3. The number of carbonyl (C=O) groups is 2. The van der Waals surface area contributed by atoms with E-state index in [9.17, 15) is 33.0 Å². The minimum absolute atomic E-state index is 0.0569. The fraction of sp³-hybridized carbons (Fsp3) is 0.364. The van der Waals surface area contributed by atoms with Crippen molar-refractivity contribution in [3.63, 3.8) is 0 Å². The van der Waals surface area contributed by atoms with Gasteiger partial charge in [-0.05, 0) is 41.2 Å². The molecule has 0 aliphatic carbocycles. The molecular weight excluding hydrogens is 399 g/mol. The van der Waals surface area contributed by atoms with Crippen LogP contribution >= 0.6 is 0 Å². The first-order chi connectivity index (χ1) is 14.0. The van der Waals surface area contributed by atoms with Crippen LogP contribution in [0.1, 0.15) is 37.3 Å². The summed E-state index contributed by atoms with van der Waals surface area (Å²) in [5.41, 5.74) is 0.948. The van der Waals surface area contributed by atoms with E-state index in [0.717, 1.165) is 12.1 Å². The van der Waals surface area contributed by atoms with Crippen LogP contribution in [0.15, 0.2) is 48.5 Å². The first-order valence-corrected chi connectivity index (χ1v) is 9.45. The Kier molecular flexibility index (Phi) is 7.61. The van der Waals surface area contributed by atoms with Crippen molar-refractivity contribution in [3.8, 4) is 11.1 Å². The number of nitrogens with one attached hydrogen (secondary N) is 1. The van der Waals surface area contributed by atoms with Crippen LogP contribution in [-0.2, 0) is 15.8 Å². The quantitative estimate of drug-likeness (QED) is 0.548. The second-order valence-corrected chi connectivity index (χ2v) is 7.52. The molecule has 2 rings (SSSR count). The Labute approximate surface area is 172 Å². The first-order valence-electron chi connectivity index (χ1n) is 9.45. The Hall–Kier alpha value is -2.87. The van der Waals surface area contributed by atoms with Crippen LogP contribution in [0.5, 0.6) is 0 Å². The zero-order valence-electron chi connectivity index (χ0n) is 16.6. The monoisotopic (exact) mass is 423 g/mol. The summed E-state index contributed by atoms with van der Waals surface area (Å²) in [6.45, 7) is 3.71. The molecule has 0 saturated heterocycles. The molecule has 2 aromatic rings. The minimum Gasteiger partial charge on any atom is -0.481 e. The van der Waals surface area contributed by atoms with Gasteiger partial charge in [-0.1, -0.05) is 50.2 Å². The van der Waals surface area contributed by atoms with Gasteiger partial charge in [0.1, 0.15) is 6.04 Å². The number of alkyl halides is 3. The van der Waals surface area contributed by atoms with Gasteiger partial charge < -0.3 is 15.5 Å². The highest BCUT2D eigenvalue weighted by atomic mass is 19.4. The van der Waals surface area contributed by atoms with E-state index >= 15 is 0 Å². The van der Waals surface area contributed by atoms with Crippen molar-refractivity contribution in [3.05, 3.63) is 59.7 Å². The third-order valence-electron chi connectivity index (χ3n) is 4.73. The Morgan fingerprint density at radius 3 is 1.80 bits per heavy atom. The standard InChI is InChI=1S/C22H24F3NO4/c1-13(2)11-19(21(29)30)26-12-18(20(27)28)16-5-3-14(4-6-16)15-7-9-17(10-8-15)22(23,24)25/h3-10,13,18-19,26H,11-12H2,1-2H3,(H,27,28)(H,29,30). The predicted molar refractivity (Wildman–Crippen MR) is 106 cm³/mol. The average Bonchev–Trinajstić information content (AvgIpc) is 2.66. The van der Waals surface area contributed by atoms with Crippen molar-refractivity contribution in [2.24, 2.45) is 5.92 Å². The molecule has 0 heterocycles. The van der Waals surface area contributed by atoms with Gasteiger partial charge in [0.15, 0.2) is 0 Å². The third-order valence-corrected chi connectivity index (χ3v) is 4.73.